The first-order valence-electron chi connectivity index (χ1n) is 8.61. The summed E-state index contributed by atoms with van der Waals surface area (Å²) in [5, 5.41) is 3.69. The zero-order chi connectivity index (χ0) is 17.8. The molecule has 1 aliphatic heterocycles. The third-order valence-electron chi connectivity index (χ3n) is 4.46. The Hall–Kier alpha value is -2.14. The number of benzene rings is 1. The molecule has 0 saturated carbocycles. The predicted molar refractivity (Wildman–Crippen MR) is 99.7 cm³/mol. The van der Waals surface area contributed by atoms with E-state index in [1.165, 1.54) is 0 Å². The van der Waals surface area contributed by atoms with Gasteiger partial charge in [0.25, 0.3) is 0 Å². The maximum absolute atomic E-state index is 12.6. The summed E-state index contributed by atoms with van der Waals surface area (Å²) in [5.41, 5.74) is 2.84. The third-order valence-corrected chi connectivity index (χ3v) is 4.83. The van der Waals surface area contributed by atoms with Crippen LogP contribution in [0.25, 0.3) is 0 Å². The van der Waals surface area contributed by atoms with Gasteiger partial charge in [-0.05, 0) is 44.4 Å². The van der Waals surface area contributed by atoms with Crippen LogP contribution >= 0.6 is 11.6 Å². The van der Waals surface area contributed by atoms with Crippen LogP contribution in [0.3, 0.4) is 0 Å². The van der Waals surface area contributed by atoms with E-state index in [0.29, 0.717) is 18.1 Å². The minimum absolute atomic E-state index is 0.0549. The van der Waals surface area contributed by atoms with E-state index >= 15 is 0 Å². The van der Waals surface area contributed by atoms with Gasteiger partial charge < -0.3 is 10.2 Å². The zero-order valence-corrected chi connectivity index (χ0v) is 15.4. The maximum Gasteiger partial charge on any atom is 0.225 e. The number of carbonyl (C=O) groups excluding carboxylic acids is 1. The van der Waals surface area contributed by atoms with Crippen LogP contribution in [0.15, 0.2) is 30.3 Å². The van der Waals surface area contributed by atoms with E-state index in [1.54, 1.807) is 0 Å². The summed E-state index contributed by atoms with van der Waals surface area (Å²) in [4.78, 5) is 23.7. The zero-order valence-electron chi connectivity index (χ0n) is 14.6. The van der Waals surface area contributed by atoms with Gasteiger partial charge in [0.1, 0.15) is 0 Å². The highest BCUT2D eigenvalue weighted by Gasteiger charge is 2.27. The molecule has 2 aromatic rings. The Kier molecular flexibility index (Phi) is 5.53. The molecule has 0 aliphatic carbocycles. The van der Waals surface area contributed by atoms with Crippen molar-refractivity contribution in [3.63, 3.8) is 0 Å². The topological polar surface area (TPSA) is 58.1 Å². The number of hydrogen-bond acceptors (Lipinski definition) is 4. The van der Waals surface area contributed by atoms with Crippen molar-refractivity contribution in [3.05, 3.63) is 52.3 Å². The number of anilines is 1. The van der Waals surface area contributed by atoms with Crippen LogP contribution in [0.5, 0.6) is 0 Å². The monoisotopic (exact) mass is 358 g/mol. The van der Waals surface area contributed by atoms with E-state index in [0.717, 1.165) is 42.3 Å². The number of rotatable bonds is 4. The summed E-state index contributed by atoms with van der Waals surface area (Å²) in [6, 6.07) is 9.53. The molecule has 0 spiro atoms. The summed E-state index contributed by atoms with van der Waals surface area (Å²) in [7, 11) is 0. The van der Waals surface area contributed by atoms with E-state index in [-0.39, 0.29) is 11.8 Å². The van der Waals surface area contributed by atoms with Crippen molar-refractivity contribution in [3.8, 4) is 0 Å². The van der Waals surface area contributed by atoms with Crippen LogP contribution in [0.1, 0.15) is 29.8 Å². The highest BCUT2D eigenvalue weighted by atomic mass is 35.5. The van der Waals surface area contributed by atoms with Crippen molar-refractivity contribution in [2.75, 3.05) is 18.0 Å². The molecule has 0 radical (unpaired) electrons. The summed E-state index contributed by atoms with van der Waals surface area (Å²) in [5.74, 6) is 0.732. The quantitative estimate of drug-likeness (QED) is 0.911. The van der Waals surface area contributed by atoms with Gasteiger partial charge in [0.2, 0.25) is 11.9 Å². The molecule has 0 bridgehead atoms. The van der Waals surface area contributed by atoms with Gasteiger partial charge in [-0.15, -0.1) is 0 Å². The fourth-order valence-electron chi connectivity index (χ4n) is 3.19. The van der Waals surface area contributed by atoms with E-state index in [9.17, 15) is 4.79 Å². The van der Waals surface area contributed by atoms with Gasteiger partial charge in [0, 0.05) is 36.0 Å². The fourth-order valence-corrected chi connectivity index (χ4v) is 3.39. The molecule has 6 heteroatoms. The van der Waals surface area contributed by atoms with E-state index in [4.69, 9.17) is 11.6 Å². The van der Waals surface area contributed by atoms with Crippen molar-refractivity contribution >= 4 is 23.5 Å². The molecule has 1 aromatic heterocycles. The van der Waals surface area contributed by atoms with Gasteiger partial charge in [-0.2, -0.15) is 0 Å². The highest BCUT2D eigenvalue weighted by molar-refractivity contribution is 6.31. The Labute approximate surface area is 153 Å². The maximum atomic E-state index is 12.6. The first-order chi connectivity index (χ1) is 12.0. The van der Waals surface area contributed by atoms with Crippen LogP contribution in [-0.4, -0.2) is 29.0 Å². The highest BCUT2D eigenvalue weighted by Crippen LogP contribution is 2.22. The molecule has 1 N–H and O–H groups in total. The van der Waals surface area contributed by atoms with E-state index < -0.39 is 0 Å². The number of aromatic nitrogens is 2. The molecule has 1 amide bonds. The van der Waals surface area contributed by atoms with Crippen LogP contribution in [-0.2, 0) is 11.3 Å². The lowest BCUT2D eigenvalue weighted by atomic mass is 9.97. The number of hydrogen-bond donors (Lipinski definition) is 1. The lowest BCUT2D eigenvalue weighted by molar-refractivity contribution is -0.125. The summed E-state index contributed by atoms with van der Waals surface area (Å²) >= 11 is 6.15. The molecule has 2 heterocycles. The van der Waals surface area contributed by atoms with Crippen molar-refractivity contribution in [1.29, 1.82) is 0 Å². The van der Waals surface area contributed by atoms with Gasteiger partial charge in [-0.25, -0.2) is 9.97 Å². The van der Waals surface area contributed by atoms with Crippen molar-refractivity contribution < 1.29 is 4.79 Å². The molecule has 1 saturated heterocycles. The van der Waals surface area contributed by atoms with Gasteiger partial charge in [-0.1, -0.05) is 29.8 Å². The number of nitrogens with one attached hydrogen (secondary N) is 1. The first-order valence-corrected chi connectivity index (χ1v) is 8.99. The van der Waals surface area contributed by atoms with Crippen LogP contribution in [0.4, 0.5) is 5.95 Å². The molecular weight excluding hydrogens is 336 g/mol. The Morgan fingerprint density at radius 2 is 2.00 bits per heavy atom. The number of piperidine rings is 1. The Morgan fingerprint density at radius 3 is 2.72 bits per heavy atom. The normalized spacial score (nSPS) is 17.4. The van der Waals surface area contributed by atoms with E-state index in [1.807, 2.05) is 44.2 Å². The Balaban J connectivity index is 1.62. The third kappa shape index (κ3) is 4.48. The fraction of sp³-hybridized carbons (Fsp3) is 0.421. The summed E-state index contributed by atoms with van der Waals surface area (Å²) < 4.78 is 0. The Bertz CT molecular complexity index is 745. The number of halogens is 1. The van der Waals surface area contributed by atoms with Crippen LogP contribution in [0.2, 0.25) is 5.02 Å². The lowest BCUT2D eigenvalue weighted by Crippen LogP contribution is -2.43. The molecular formula is C19H23ClN4O. The summed E-state index contributed by atoms with van der Waals surface area (Å²) in [6.45, 7) is 5.93. The molecule has 1 fully saturated rings. The van der Waals surface area contributed by atoms with Gasteiger partial charge >= 0.3 is 0 Å². The number of nitrogens with zero attached hydrogens (tertiary/aromatic N) is 3. The smallest absolute Gasteiger partial charge is 0.225 e. The molecule has 1 aliphatic rings. The Morgan fingerprint density at radius 1 is 1.28 bits per heavy atom. The minimum Gasteiger partial charge on any atom is -0.352 e. The molecule has 1 aromatic carbocycles. The number of aryl methyl sites for hydroxylation is 2. The second-order valence-corrected chi connectivity index (χ2v) is 6.95. The molecule has 25 heavy (non-hydrogen) atoms. The average Bonchev–Trinajstić information content (AvgIpc) is 2.60. The van der Waals surface area contributed by atoms with Crippen molar-refractivity contribution in [1.82, 2.24) is 15.3 Å². The second kappa shape index (κ2) is 7.83. The largest absolute Gasteiger partial charge is 0.352 e. The van der Waals surface area contributed by atoms with Crippen LogP contribution in [0, 0.1) is 19.8 Å². The molecule has 132 valence electrons. The molecule has 3 rings (SSSR count). The first kappa shape index (κ1) is 17.7. The van der Waals surface area contributed by atoms with Crippen molar-refractivity contribution in [2.45, 2.75) is 33.2 Å². The number of amides is 1. The van der Waals surface area contributed by atoms with Gasteiger partial charge in [0.15, 0.2) is 0 Å². The SMILES string of the molecule is Cc1cc(C)nc(N2CCC[C@H](C(=O)NCc3ccccc3Cl)C2)n1. The van der Waals surface area contributed by atoms with Gasteiger partial charge in [-0.3, -0.25) is 4.79 Å². The minimum atomic E-state index is -0.0549. The lowest BCUT2D eigenvalue weighted by Gasteiger charge is -2.32. The van der Waals surface area contributed by atoms with E-state index in [2.05, 4.69) is 20.2 Å². The van der Waals surface area contributed by atoms with Crippen molar-refractivity contribution in [2.24, 2.45) is 5.92 Å². The molecule has 5 nitrogen and oxygen atoms in total. The standard InChI is InChI=1S/C19H23ClN4O/c1-13-10-14(2)23-19(22-13)24-9-5-7-16(12-24)18(25)21-11-15-6-3-4-8-17(15)20/h3-4,6,8,10,16H,5,7,9,11-12H2,1-2H3,(H,21,25)/t16-/m0/s1. The second-order valence-electron chi connectivity index (χ2n) is 6.55. The average molecular weight is 359 g/mol. The number of carbonyl (C=O) groups is 1. The van der Waals surface area contributed by atoms with Crippen LogP contribution < -0.4 is 10.2 Å². The predicted octanol–water partition coefficient (Wildman–Crippen LogP) is 3.28. The molecule has 0 unspecified atom stereocenters. The summed E-state index contributed by atoms with van der Waals surface area (Å²) in [6.07, 6.45) is 1.84. The van der Waals surface area contributed by atoms with Gasteiger partial charge in [0.05, 0.1) is 5.92 Å². The molecule has 1 atom stereocenters.